The number of aromatic nitrogens is 2. The molecule has 3 aromatic heterocycles. The number of nitrogens with one attached hydrogen (secondary N) is 1. The molecule has 1 amide bonds. The predicted octanol–water partition coefficient (Wildman–Crippen LogP) is 4.29. The number of rotatable bonds is 4. The minimum Gasteiger partial charge on any atom is -0.348 e. The van der Waals surface area contributed by atoms with Crippen molar-refractivity contribution in [3.63, 3.8) is 0 Å². The summed E-state index contributed by atoms with van der Waals surface area (Å²) in [6.45, 7) is 0.442. The smallest absolute Gasteiger partial charge is 0.252 e. The number of amides is 1. The third-order valence-corrected chi connectivity index (χ3v) is 4.80. The molecule has 0 aliphatic carbocycles. The molecule has 0 fully saturated rings. The van der Waals surface area contributed by atoms with Gasteiger partial charge in [0.1, 0.15) is 0 Å². The molecule has 0 aliphatic rings. The molecule has 0 bridgehead atoms. The van der Waals surface area contributed by atoms with Crippen LogP contribution in [-0.4, -0.2) is 15.9 Å². The van der Waals surface area contributed by atoms with Gasteiger partial charge in [0.05, 0.1) is 21.7 Å². The highest BCUT2D eigenvalue weighted by atomic mass is 32.1. The number of benzene rings is 1. The van der Waals surface area contributed by atoms with Crippen molar-refractivity contribution in [3.05, 3.63) is 83.5 Å². The normalized spacial score (nSPS) is 10.7. The second-order valence-corrected chi connectivity index (χ2v) is 6.54. The molecule has 3 heterocycles. The molecule has 0 aliphatic heterocycles. The molecule has 0 saturated carbocycles. The molecule has 1 aromatic carbocycles. The van der Waals surface area contributed by atoms with E-state index in [4.69, 9.17) is 4.98 Å². The van der Waals surface area contributed by atoms with Gasteiger partial charge in [-0.1, -0.05) is 30.3 Å². The Bertz CT molecular complexity index is 1010. The zero-order valence-corrected chi connectivity index (χ0v) is 14.2. The second kappa shape index (κ2) is 6.83. The van der Waals surface area contributed by atoms with Crippen LogP contribution in [0, 0.1) is 0 Å². The summed E-state index contributed by atoms with van der Waals surface area (Å²) in [5.74, 6) is -0.111. The molecule has 0 saturated heterocycles. The monoisotopic (exact) mass is 345 g/mol. The Labute approximate surface area is 149 Å². The van der Waals surface area contributed by atoms with Crippen LogP contribution in [0.25, 0.3) is 21.5 Å². The van der Waals surface area contributed by atoms with Gasteiger partial charge < -0.3 is 5.32 Å². The first-order chi connectivity index (χ1) is 12.3. The van der Waals surface area contributed by atoms with Crippen LogP contribution in [0.2, 0.25) is 0 Å². The summed E-state index contributed by atoms with van der Waals surface area (Å²) in [5.41, 5.74) is 3.24. The van der Waals surface area contributed by atoms with Gasteiger partial charge in [-0.2, -0.15) is 0 Å². The summed E-state index contributed by atoms with van der Waals surface area (Å²) in [6, 6.07) is 17.4. The minimum absolute atomic E-state index is 0.111. The third kappa shape index (κ3) is 3.27. The van der Waals surface area contributed by atoms with E-state index in [0.717, 1.165) is 27.0 Å². The highest BCUT2D eigenvalue weighted by Gasteiger charge is 2.14. The van der Waals surface area contributed by atoms with Crippen LogP contribution >= 0.6 is 11.3 Å². The number of hydrogen-bond acceptors (Lipinski definition) is 4. The van der Waals surface area contributed by atoms with Gasteiger partial charge in [-0.05, 0) is 35.2 Å². The maximum absolute atomic E-state index is 12.8. The quantitative estimate of drug-likeness (QED) is 0.600. The van der Waals surface area contributed by atoms with Gasteiger partial charge in [0.2, 0.25) is 0 Å². The summed E-state index contributed by atoms with van der Waals surface area (Å²) in [6.07, 6.45) is 3.47. The molecule has 0 spiro atoms. The molecule has 4 rings (SSSR count). The summed E-state index contributed by atoms with van der Waals surface area (Å²) in [5, 5.41) is 5.84. The van der Waals surface area contributed by atoms with Gasteiger partial charge in [0.25, 0.3) is 5.91 Å². The van der Waals surface area contributed by atoms with E-state index in [1.54, 1.807) is 23.7 Å². The second-order valence-electron chi connectivity index (χ2n) is 5.59. The van der Waals surface area contributed by atoms with Crippen molar-refractivity contribution in [3.8, 4) is 10.6 Å². The zero-order valence-electron chi connectivity index (χ0n) is 13.3. The topological polar surface area (TPSA) is 54.9 Å². The van der Waals surface area contributed by atoms with Crippen molar-refractivity contribution in [2.24, 2.45) is 0 Å². The highest BCUT2D eigenvalue weighted by molar-refractivity contribution is 7.13. The summed E-state index contributed by atoms with van der Waals surface area (Å²) < 4.78 is 0. The summed E-state index contributed by atoms with van der Waals surface area (Å²) in [7, 11) is 0. The maximum atomic E-state index is 12.8. The minimum atomic E-state index is -0.111. The summed E-state index contributed by atoms with van der Waals surface area (Å²) in [4.78, 5) is 22.6. The Hall–Kier alpha value is -3.05. The average molecular weight is 345 g/mol. The first kappa shape index (κ1) is 15.5. The van der Waals surface area contributed by atoms with E-state index in [9.17, 15) is 4.79 Å². The van der Waals surface area contributed by atoms with Crippen molar-refractivity contribution in [2.45, 2.75) is 6.54 Å². The average Bonchev–Trinajstić information content (AvgIpc) is 3.21. The van der Waals surface area contributed by atoms with Crippen LogP contribution in [0.3, 0.4) is 0 Å². The van der Waals surface area contributed by atoms with Crippen LogP contribution in [0.5, 0.6) is 0 Å². The molecule has 0 atom stereocenters. The van der Waals surface area contributed by atoms with Crippen molar-refractivity contribution in [1.29, 1.82) is 0 Å². The number of nitrogens with zero attached hydrogens (tertiary/aromatic N) is 2. The molecule has 4 nitrogen and oxygen atoms in total. The van der Waals surface area contributed by atoms with Gasteiger partial charge in [-0.25, -0.2) is 4.98 Å². The van der Waals surface area contributed by atoms with Crippen molar-refractivity contribution >= 4 is 28.1 Å². The predicted molar refractivity (Wildman–Crippen MR) is 100 cm³/mol. The first-order valence-electron chi connectivity index (χ1n) is 7.92. The number of carbonyl (C=O) groups is 1. The number of carbonyl (C=O) groups excluding carboxylic acids is 1. The van der Waals surface area contributed by atoms with Crippen LogP contribution in [-0.2, 0) is 6.54 Å². The van der Waals surface area contributed by atoms with E-state index >= 15 is 0 Å². The lowest BCUT2D eigenvalue weighted by atomic mass is 10.1. The van der Waals surface area contributed by atoms with Crippen LogP contribution in [0.1, 0.15) is 15.9 Å². The van der Waals surface area contributed by atoms with Gasteiger partial charge in [0.15, 0.2) is 0 Å². The number of thiophene rings is 1. The number of hydrogen-bond donors (Lipinski definition) is 1. The standard InChI is InChI=1S/C20H15N3OS/c24-20(22-13-14-5-3-9-21-12-14)16-11-18(19-8-4-10-25-19)23-17-7-2-1-6-15(16)17/h1-12H,13H2,(H,22,24). The first-order valence-corrected chi connectivity index (χ1v) is 8.80. The molecule has 0 unspecified atom stereocenters. The Morgan fingerprint density at radius 3 is 2.80 bits per heavy atom. The van der Waals surface area contributed by atoms with E-state index in [-0.39, 0.29) is 5.91 Å². The largest absolute Gasteiger partial charge is 0.348 e. The van der Waals surface area contributed by atoms with E-state index in [0.29, 0.717) is 12.1 Å². The Morgan fingerprint density at radius 1 is 1.08 bits per heavy atom. The Kier molecular flexibility index (Phi) is 4.23. The van der Waals surface area contributed by atoms with Gasteiger partial charge in [0, 0.05) is 24.3 Å². The number of fused-ring (bicyclic) bond motifs is 1. The van der Waals surface area contributed by atoms with E-state index in [1.165, 1.54) is 0 Å². The van der Waals surface area contributed by atoms with Crippen molar-refractivity contribution in [2.75, 3.05) is 0 Å². The molecule has 4 aromatic rings. The van der Waals surface area contributed by atoms with Crippen molar-refractivity contribution < 1.29 is 4.79 Å². The van der Waals surface area contributed by atoms with Gasteiger partial charge >= 0.3 is 0 Å². The number of para-hydroxylation sites is 1. The van der Waals surface area contributed by atoms with Gasteiger partial charge in [-0.15, -0.1) is 11.3 Å². The SMILES string of the molecule is O=C(NCc1cccnc1)c1cc(-c2cccs2)nc2ccccc12. The zero-order chi connectivity index (χ0) is 17.1. The van der Waals surface area contributed by atoms with Crippen LogP contribution in [0.15, 0.2) is 72.4 Å². The van der Waals surface area contributed by atoms with Gasteiger partial charge in [-0.3, -0.25) is 9.78 Å². The van der Waals surface area contributed by atoms with Crippen LogP contribution < -0.4 is 5.32 Å². The lowest BCUT2D eigenvalue weighted by Gasteiger charge is -2.10. The lowest BCUT2D eigenvalue weighted by molar-refractivity contribution is 0.0952. The third-order valence-electron chi connectivity index (χ3n) is 3.91. The molecule has 1 N–H and O–H groups in total. The van der Waals surface area contributed by atoms with Crippen molar-refractivity contribution in [1.82, 2.24) is 15.3 Å². The molecular formula is C20H15N3OS. The summed E-state index contributed by atoms with van der Waals surface area (Å²) >= 11 is 1.61. The van der Waals surface area contributed by atoms with E-state index in [1.807, 2.05) is 60.0 Å². The maximum Gasteiger partial charge on any atom is 0.252 e. The van der Waals surface area contributed by atoms with E-state index < -0.39 is 0 Å². The van der Waals surface area contributed by atoms with E-state index in [2.05, 4.69) is 10.3 Å². The van der Waals surface area contributed by atoms with Crippen LogP contribution in [0.4, 0.5) is 0 Å². The Balaban J connectivity index is 1.71. The highest BCUT2D eigenvalue weighted by Crippen LogP contribution is 2.27. The molecule has 5 heteroatoms. The molecular weight excluding hydrogens is 330 g/mol. The fourth-order valence-corrected chi connectivity index (χ4v) is 3.38. The fourth-order valence-electron chi connectivity index (χ4n) is 2.69. The molecule has 0 radical (unpaired) electrons. The fraction of sp³-hybridized carbons (Fsp3) is 0.0500. The lowest BCUT2D eigenvalue weighted by Crippen LogP contribution is -2.23. The number of pyridine rings is 2. The Morgan fingerprint density at radius 2 is 2.00 bits per heavy atom. The molecule has 25 heavy (non-hydrogen) atoms. The molecule has 122 valence electrons.